The SMILES string of the molecule is CC(N)Cc1ccc(N2CCC(C)(C)C2)c(C(F)(F)F)c1. The Balaban J connectivity index is 2.37. The summed E-state index contributed by atoms with van der Waals surface area (Å²) in [6.07, 6.45) is -2.98. The van der Waals surface area contributed by atoms with Gasteiger partial charge in [-0.05, 0) is 42.9 Å². The normalized spacial score (nSPS) is 19.9. The van der Waals surface area contributed by atoms with Crippen LogP contribution < -0.4 is 10.6 Å². The van der Waals surface area contributed by atoms with Crippen molar-refractivity contribution in [3.05, 3.63) is 29.3 Å². The van der Waals surface area contributed by atoms with E-state index in [1.165, 1.54) is 6.07 Å². The van der Waals surface area contributed by atoms with Crippen molar-refractivity contribution in [1.29, 1.82) is 0 Å². The Morgan fingerprint density at radius 3 is 2.48 bits per heavy atom. The summed E-state index contributed by atoms with van der Waals surface area (Å²) in [6.45, 7) is 7.30. The Bertz CT molecular complexity index is 507. The van der Waals surface area contributed by atoms with Crippen LogP contribution in [0.4, 0.5) is 18.9 Å². The minimum absolute atomic E-state index is 0.0628. The van der Waals surface area contributed by atoms with Crippen LogP contribution in [0.1, 0.15) is 38.3 Å². The van der Waals surface area contributed by atoms with Gasteiger partial charge in [0.25, 0.3) is 0 Å². The summed E-state index contributed by atoms with van der Waals surface area (Å²) in [5.74, 6) is 0. The number of halogens is 3. The third-order valence-corrected chi connectivity index (χ3v) is 3.94. The Hall–Kier alpha value is -1.23. The van der Waals surface area contributed by atoms with Gasteiger partial charge in [0.15, 0.2) is 0 Å². The largest absolute Gasteiger partial charge is 0.418 e. The standard InChI is InChI=1S/C16H23F3N2/c1-11(20)8-12-4-5-14(13(9-12)16(17,18)19)21-7-6-15(2,3)10-21/h4-5,9,11H,6-8,10,20H2,1-3H3. The van der Waals surface area contributed by atoms with E-state index >= 15 is 0 Å². The highest BCUT2D eigenvalue weighted by Crippen LogP contribution is 2.41. The molecule has 0 bridgehead atoms. The molecule has 1 aliphatic rings. The molecule has 2 nitrogen and oxygen atoms in total. The lowest BCUT2D eigenvalue weighted by Gasteiger charge is -2.25. The summed E-state index contributed by atoms with van der Waals surface area (Å²) < 4.78 is 40.1. The van der Waals surface area contributed by atoms with Crippen molar-refractivity contribution in [2.45, 2.75) is 45.8 Å². The highest BCUT2D eigenvalue weighted by molar-refractivity contribution is 5.57. The van der Waals surface area contributed by atoms with E-state index in [1.807, 2.05) is 4.90 Å². The molecule has 2 rings (SSSR count). The van der Waals surface area contributed by atoms with Crippen LogP contribution in [0.5, 0.6) is 0 Å². The lowest BCUT2D eigenvalue weighted by Crippen LogP contribution is -2.26. The van der Waals surface area contributed by atoms with Gasteiger partial charge in [0, 0.05) is 24.8 Å². The predicted molar refractivity (Wildman–Crippen MR) is 79.4 cm³/mol. The number of hydrogen-bond donors (Lipinski definition) is 1. The first-order valence-electron chi connectivity index (χ1n) is 7.29. The molecule has 0 aliphatic carbocycles. The van der Waals surface area contributed by atoms with E-state index < -0.39 is 11.7 Å². The summed E-state index contributed by atoms with van der Waals surface area (Å²) >= 11 is 0. The van der Waals surface area contributed by atoms with E-state index in [0.717, 1.165) is 6.42 Å². The van der Waals surface area contributed by atoms with E-state index in [0.29, 0.717) is 30.8 Å². The second kappa shape index (κ2) is 5.52. The smallest absolute Gasteiger partial charge is 0.370 e. The van der Waals surface area contributed by atoms with Gasteiger partial charge in [0.1, 0.15) is 0 Å². The number of benzene rings is 1. The second-order valence-corrected chi connectivity index (χ2v) is 6.87. The van der Waals surface area contributed by atoms with Gasteiger partial charge in [-0.15, -0.1) is 0 Å². The second-order valence-electron chi connectivity index (χ2n) is 6.87. The maximum absolute atomic E-state index is 13.4. The lowest BCUT2D eigenvalue weighted by atomic mass is 9.93. The molecular weight excluding hydrogens is 277 g/mol. The number of alkyl halides is 3. The average Bonchev–Trinajstić information content (AvgIpc) is 2.67. The first-order valence-corrected chi connectivity index (χ1v) is 7.29. The van der Waals surface area contributed by atoms with Crippen molar-refractivity contribution >= 4 is 5.69 Å². The van der Waals surface area contributed by atoms with Crippen LogP contribution in [-0.2, 0) is 12.6 Å². The zero-order valence-electron chi connectivity index (χ0n) is 12.8. The molecule has 5 heteroatoms. The van der Waals surface area contributed by atoms with Crippen LogP contribution in [0.2, 0.25) is 0 Å². The average molecular weight is 300 g/mol. The Kier molecular flexibility index (Phi) is 4.24. The fourth-order valence-corrected chi connectivity index (χ4v) is 2.90. The number of nitrogens with two attached hydrogens (primary N) is 1. The zero-order valence-corrected chi connectivity index (χ0v) is 12.8. The molecule has 1 unspecified atom stereocenters. The van der Waals surface area contributed by atoms with Crippen LogP contribution >= 0.6 is 0 Å². The first-order chi connectivity index (χ1) is 9.58. The molecule has 2 N–H and O–H groups in total. The van der Waals surface area contributed by atoms with Crippen LogP contribution in [0.15, 0.2) is 18.2 Å². The van der Waals surface area contributed by atoms with Crippen molar-refractivity contribution in [3.63, 3.8) is 0 Å². The Morgan fingerprint density at radius 1 is 1.33 bits per heavy atom. The molecule has 0 spiro atoms. The van der Waals surface area contributed by atoms with Crippen LogP contribution in [0.3, 0.4) is 0 Å². The number of nitrogens with zero attached hydrogens (tertiary/aromatic N) is 1. The fourth-order valence-electron chi connectivity index (χ4n) is 2.90. The van der Waals surface area contributed by atoms with Crippen molar-refractivity contribution in [3.8, 4) is 0 Å². The molecular formula is C16H23F3N2. The Labute approximate surface area is 124 Å². The highest BCUT2D eigenvalue weighted by atomic mass is 19.4. The first kappa shape index (κ1) is 16.1. The van der Waals surface area contributed by atoms with Gasteiger partial charge in [-0.3, -0.25) is 0 Å². The molecule has 21 heavy (non-hydrogen) atoms. The number of rotatable bonds is 3. The highest BCUT2D eigenvalue weighted by Gasteiger charge is 2.38. The molecule has 1 fully saturated rings. The van der Waals surface area contributed by atoms with E-state index in [-0.39, 0.29) is 11.5 Å². The summed E-state index contributed by atoms with van der Waals surface area (Å²) in [6, 6.07) is 4.47. The molecule has 0 amide bonds. The molecule has 1 aromatic rings. The molecule has 0 aromatic heterocycles. The van der Waals surface area contributed by atoms with E-state index in [9.17, 15) is 13.2 Å². The third kappa shape index (κ3) is 3.90. The van der Waals surface area contributed by atoms with Crippen LogP contribution in [0, 0.1) is 5.41 Å². The molecule has 1 heterocycles. The van der Waals surface area contributed by atoms with Gasteiger partial charge in [-0.2, -0.15) is 13.2 Å². The quantitative estimate of drug-likeness (QED) is 0.919. The minimum Gasteiger partial charge on any atom is -0.370 e. The Morgan fingerprint density at radius 2 is 2.00 bits per heavy atom. The maximum Gasteiger partial charge on any atom is 0.418 e. The van der Waals surface area contributed by atoms with Crippen molar-refractivity contribution in [2.75, 3.05) is 18.0 Å². The fraction of sp³-hybridized carbons (Fsp3) is 0.625. The molecule has 118 valence electrons. The summed E-state index contributed by atoms with van der Waals surface area (Å²) in [7, 11) is 0. The lowest BCUT2D eigenvalue weighted by molar-refractivity contribution is -0.137. The number of anilines is 1. The van der Waals surface area contributed by atoms with Crippen molar-refractivity contribution < 1.29 is 13.2 Å². The summed E-state index contributed by atoms with van der Waals surface area (Å²) in [5, 5.41) is 0. The number of hydrogen-bond acceptors (Lipinski definition) is 2. The monoisotopic (exact) mass is 300 g/mol. The molecule has 0 radical (unpaired) electrons. The summed E-state index contributed by atoms with van der Waals surface area (Å²) in [5.41, 5.74) is 6.14. The van der Waals surface area contributed by atoms with Crippen LogP contribution in [-0.4, -0.2) is 19.1 Å². The van der Waals surface area contributed by atoms with Crippen molar-refractivity contribution in [2.24, 2.45) is 11.1 Å². The molecule has 1 aliphatic heterocycles. The minimum atomic E-state index is -4.34. The van der Waals surface area contributed by atoms with E-state index in [1.54, 1.807) is 19.1 Å². The molecule has 1 atom stereocenters. The summed E-state index contributed by atoms with van der Waals surface area (Å²) in [4.78, 5) is 1.85. The van der Waals surface area contributed by atoms with Crippen LogP contribution in [0.25, 0.3) is 0 Å². The van der Waals surface area contributed by atoms with E-state index in [4.69, 9.17) is 5.73 Å². The van der Waals surface area contributed by atoms with Gasteiger partial charge in [0.2, 0.25) is 0 Å². The van der Waals surface area contributed by atoms with Gasteiger partial charge in [-0.1, -0.05) is 19.9 Å². The zero-order chi connectivity index (χ0) is 15.8. The van der Waals surface area contributed by atoms with Gasteiger partial charge >= 0.3 is 6.18 Å². The predicted octanol–water partition coefficient (Wildman–Crippen LogP) is 3.83. The van der Waals surface area contributed by atoms with Crippen molar-refractivity contribution in [1.82, 2.24) is 0 Å². The topological polar surface area (TPSA) is 29.3 Å². The van der Waals surface area contributed by atoms with E-state index in [2.05, 4.69) is 13.8 Å². The molecule has 0 saturated carbocycles. The molecule has 1 aromatic carbocycles. The van der Waals surface area contributed by atoms with Gasteiger partial charge in [0.05, 0.1) is 5.56 Å². The third-order valence-electron chi connectivity index (χ3n) is 3.94. The van der Waals surface area contributed by atoms with Gasteiger partial charge < -0.3 is 10.6 Å². The molecule has 1 saturated heterocycles. The van der Waals surface area contributed by atoms with Gasteiger partial charge in [-0.25, -0.2) is 0 Å². The maximum atomic E-state index is 13.4.